The molecule has 0 aliphatic rings. The Morgan fingerprint density at radius 1 is 1.38 bits per heavy atom. The monoisotopic (exact) mass is 169 g/mol. The summed E-state index contributed by atoms with van der Waals surface area (Å²) in [4.78, 5) is 4.32. The van der Waals surface area contributed by atoms with Crippen LogP contribution in [0.4, 0.5) is 0 Å². The average molecular weight is 169 g/mol. The van der Waals surface area contributed by atoms with Gasteiger partial charge in [-0.05, 0) is 36.2 Å². The molecule has 0 unspecified atom stereocenters. The van der Waals surface area contributed by atoms with E-state index in [1.807, 2.05) is 18.3 Å². The van der Waals surface area contributed by atoms with Crippen molar-refractivity contribution >= 4 is 17.0 Å². The summed E-state index contributed by atoms with van der Waals surface area (Å²) in [6.45, 7) is 5.83. The number of aryl methyl sites for hydroxylation is 1. The zero-order valence-corrected chi connectivity index (χ0v) is 7.62. The van der Waals surface area contributed by atoms with Crippen LogP contribution < -0.4 is 0 Å². The van der Waals surface area contributed by atoms with Crippen molar-refractivity contribution in [3.8, 4) is 0 Å². The van der Waals surface area contributed by atoms with Gasteiger partial charge in [0.1, 0.15) is 0 Å². The Morgan fingerprint density at radius 3 is 3.00 bits per heavy atom. The quantitative estimate of drug-likeness (QED) is 0.638. The van der Waals surface area contributed by atoms with Crippen molar-refractivity contribution < 1.29 is 0 Å². The van der Waals surface area contributed by atoms with Crippen LogP contribution in [0.1, 0.15) is 11.1 Å². The van der Waals surface area contributed by atoms with Crippen molar-refractivity contribution in [2.75, 3.05) is 0 Å². The highest BCUT2D eigenvalue weighted by Crippen LogP contribution is 2.18. The molecule has 0 saturated heterocycles. The second kappa shape index (κ2) is 3.02. The second-order valence-corrected chi connectivity index (χ2v) is 3.12. The molecule has 1 nitrogen and oxygen atoms in total. The van der Waals surface area contributed by atoms with E-state index in [1.54, 1.807) is 0 Å². The lowest BCUT2D eigenvalue weighted by Crippen LogP contribution is -1.83. The van der Waals surface area contributed by atoms with E-state index in [0.717, 1.165) is 11.1 Å². The third-order valence-corrected chi connectivity index (χ3v) is 2.15. The smallest absolute Gasteiger partial charge is 0.0731 e. The SMILES string of the molecule is C=Cc1cc(C)c2ncccc2c1. The van der Waals surface area contributed by atoms with Crippen molar-refractivity contribution in [1.82, 2.24) is 4.98 Å². The topological polar surface area (TPSA) is 12.9 Å². The minimum absolute atomic E-state index is 1.08. The summed E-state index contributed by atoms with van der Waals surface area (Å²) in [6, 6.07) is 8.22. The van der Waals surface area contributed by atoms with Crippen molar-refractivity contribution in [3.63, 3.8) is 0 Å². The molecule has 0 saturated carbocycles. The van der Waals surface area contributed by atoms with Crippen LogP contribution >= 0.6 is 0 Å². The first-order chi connectivity index (χ1) is 6.31. The molecule has 0 radical (unpaired) electrons. The Labute approximate surface area is 77.7 Å². The second-order valence-electron chi connectivity index (χ2n) is 3.12. The molecule has 1 heterocycles. The van der Waals surface area contributed by atoms with Crippen LogP contribution in [0.3, 0.4) is 0 Å². The Kier molecular flexibility index (Phi) is 1.85. The molecule has 1 aromatic carbocycles. The first kappa shape index (κ1) is 7.99. The fraction of sp³-hybridized carbons (Fsp3) is 0.0833. The standard InChI is InChI=1S/C12H11N/c1-3-10-7-9(2)12-11(8-10)5-4-6-13-12/h3-8H,1H2,2H3. The summed E-state index contributed by atoms with van der Waals surface area (Å²) in [5.74, 6) is 0. The summed E-state index contributed by atoms with van der Waals surface area (Å²) in [5, 5.41) is 1.18. The van der Waals surface area contributed by atoms with E-state index < -0.39 is 0 Å². The number of hydrogen-bond donors (Lipinski definition) is 0. The van der Waals surface area contributed by atoms with E-state index in [-0.39, 0.29) is 0 Å². The lowest BCUT2D eigenvalue weighted by molar-refractivity contribution is 1.36. The summed E-state index contributed by atoms with van der Waals surface area (Å²) < 4.78 is 0. The van der Waals surface area contributed by atoms with Gasteiger partial charge in [0.15, 0.2) is 0 Å². The predicted molar refractivity (Wildman–Crippen MR) is 56.6 cm³/mol. The van der Waals surface area contributed by atoms with E-state index in [1.165, 1.54) is 10.9 Å². The molecular formula is C12H11N. The zero-order valence-electron chi connectivity index (χ0n) is 7.62. The van der Waals surface area contributed by atoms with Crippen molar-refractivity contribution in [2.45, 2.75) is 6.92 Å². The van der Waals surface area contributed by atoms with Gasteiger partial charge in [0.25, 0.3) is 0 Å². The normalized spacial score (nSPS) is 10.2. The molecule has 1 aromatic heterocycles. The van der Waals surface area contributed by atoms with E-state index in [2.05, 4.69) is 36.7 Å². The lowest BCUT2D eigenvalue weighted by Gasteiger charge is -2.02. The molecule has 0 aliphatic heterocycles. The summed E-state index contributed by atoms with van der Waals surface area (Å²) in [7, 11) is 0. The van der Waals surface area contributed by atoms with Crippen LogP contribution in [0.2, 0.25) is 0 Å². The molecule has 2 aromatic rings. The first-order valence-electron chi connectivity index (χ1n) is 4.29. The van der Waals surface area contributed by atoms with Crippen LogP contribution in [-0.4, -0.2) is 4.98 Å². The molecule has 0 N–H and O–H groups in total. The first-order valence-corrected chi connectivity index (χ1v) is 4.29. The largest absolute Gasteiger partial charge is 0.256 e. The van der Waals surface area contributed by atoms with Crippen molar-refractivity contribution in [1.29, 1.82) is 0 Å². The van der Waals surface area contributed by atoms with Gasteiger partial charge in [0, 0.05) is 11.6 Å². The Morgan fingerprint density at radius 2 is 2.23 bits per heavy atom. The zero-order chi connectivity index (χ0) is 9.26. The third-order valence-electron chi connectivity index (χ3n) is 2.15. The van der Waals surface area contributed by atoms with Gasteiger partial charge in [-0.15, -0.1) is 0 Å². The Hall–Kier alpha value is -1.63. The van der Waals surface area contributed by atoms with Gasteiger partial charge in [-0.1, -0.05) is 18.7 Å². The highest BCUT2D eigenvalue weighted by atomic mass is 14.6. The molecule has 0 aliphatic carbocycles. The minimum atomic E-state index is 1.08. The molecule has 13 heavy (non-hydrogen) atoms. The molecule has 2 rings (SSSR count). The van der Waals surface area contributed by atoms with Gasteiger partial charge < -0.3 is 0 Å². The van der Waals surface area contributed by atoms with E-state index in [9.17, 15) is 0 Å². The highest BCUT2D eigenvalue weighted by Gasteiger charge is 1.98. The Balaban J connectivity index is 2.84. The molecule has 0 amide bonds. The summed E-state index contributed by atoms with van der Waals surface area (Å²) in [6.07, 6.45) is 3.68. The number of fused-ring (bicyclic) bond motifs is 1. The fourth-order valence-electron chi connectivity index (χ4n) is 1.52. The van der Waals surface area contributed by atoms with Crippen molar-refractivity contribution in [2.24, 2.45) is 0 Å². The molecular weight excluding hydrogens is 158 g/mol. The number of nitrogens with zero attached hydrogens (tertiary/aromatic N) is 1. The van der Waals surface area contributed by atoms with Crippen LogP contribution in [0.5, 0.6) is 0 Å². The molecule has 1 heteroatoms. The molecule has 64 valence electrons. The highest BCUT2D eigenvalue weighted by molar-refractivity contribution is 5.83. The van der Waals surface area contributed by atoms with Crippen LogP contribution in [0.15, 0.2) is 37.0 Å². The number of hydrogen-bond acceptors (Lipinski definition) is 1. The third kappa shape index (κ3) is 1.33. The maximum absolute atomic E-state index is 4.32. The fourth-order valence-corrected chi connectivity index (χ4v) is 1.52. The van der Waals surface area contributed by atoms with E-state index in [0.29, 0.717) is 0 Å². The lowest BCUT2D eigenvalue weighted by atomic mass is 10.1. The van der Waals surface area contributed by atoms with Crippen LogP contribution in [0, 0.1) is 6.92 Å². The summed E-state index contributed by atoms with van der Waals surface area (Å²) >= 11 is 0. The maximum Gasteiger partial charge on any atom is 0.0731 e. The minimum Gasteiger partial charge on any atom is -0.256 e. The number of rotatable bonds is 1. The molecule has 0 fully saturated rings. The van der Waals surface area contributed by atoms with Gasteiger partial charge in [-0.25, -0.2) is 0 Å². The van der Waals surface area contributed by atoms with E-state index >= 15 is 0 Å². The molecule has 0 spiro atoms. The van der Waals surface area contributed by atoms with Gasteiger partial charge in [-0.2, -0.15) is 0 Å². The number of benzene rings is 1. The number of pyridine rings is 1. The average Bonchev–Trinajstić information content (AvgIpc) is 2.18. The maximum atomic E-state index is 4.32. The van der Waals surface area contributed by atoms with Crippen LogP contribution in [0.25, 0.3) is 17.0 Å². The Bertz CT molecular complexity index is 458. The van der Waals surface area contributed by atoms with Gasteiger partial charge in [-0.3, -0.25) is 4.98 Å². The van der Waals surface area contributed by atoms with E-state index in [4.69, 9.17) is 0 Å². The van der Waals surface area contributed by atoms with Gasteiger partial charge >= 0.3 is 0 Å². The van der Waals surface area contributed by atoms with Crippen molar-refractivity contribution in [3.05, 3.63) is 48.2 Å². The molecule has 0 bridgehead atoms. The summed E-state index contributed by atoms with van der Waals surface area (Å²) in [5.41, 5.74) is 3.43. The predicted octanol–water partition coefficient (Wildman–Crippen LogP) is 3.19. The van der Waals surface area contributed by atoms with Gasteiger partial charge in [0.05, 0.1) is 5.52 Å². The molecule has 0 atom stereocenters. The number of aromatic nitrogens is 1. The van der Waals surface area contributed by atoms with Crippen LogP contribution in [-0.2, 0) is 0 Å². The van der Waals surface area contributed by atoms with Gasteiger partial charge in [0.2, 0.25) is 0 Å².